The predicted molar refractivity (Wildman–Crippen MR) is 180 cm³/mol. The lowest BCUT2D eigenvalue weighted by molar-refractivity contribution is 0.827. The second-order valence-corrected chi connectivity index (χ2v) is 11.5. The van der Waals surface area contributed by atoms with Gasteiger partial charge in [-0.05, 0) is 80.8 Å². The Labute approximate surface area is 257 Å². The summed E-state index contributed by atoms with van der Waals surface area (Å²) < 4.78 is 0. The molecule has 0 N–H and O–H groups in total. The summed E-state index contributed by atoms with van der Waals surface area (Å²) in [7, 11) is 0. The van der Waals surface area contributed by atoms with Crippen LogP contribution in [-0.2, 0) is 6.42 Å². The highest BCUT2D eigenvalue weighted by atomic mass is 14.7. The van der Waals surface area contributed by atoms with Crippen LogP contribution in [0.5, 0.6) is 0 Å². The topological polar surface area (TPSA) is 36.7 Å². The second-order valence-electron chi connectivity index (χ2n) is 11.5. The Morgan fingerprint density at radius 3 is 1.73 bits per heavy atom. The van der Waals surface area contributed by atoms with Crippen LogP contribution in [0.3, 0.4) is 0 Å². The molecule has 0 bridgehead atoms. The SMILES string of the molecule is N#Cc1ccc(-c2cc(-c3ccc(-c4ccc(CC5c6ccccc6-c6ccccc65)cc4)cc3)c3ccccc3n2)cc1. The second kappa shape index (κ2) is 10.8. The van der Waals surface area contributed by atoms with Crippen molar-refractivity contribution in [2.75, 3.05) is 0 Å². The van der Waals surface area contributed by atoms with Gasteiger partial charge < -0.3 is 0 Å². The number of benzene rings is 6. The molecule has 0 spiro atoms. The first-order valence-corrected chi connectivity index (χ1v) is 15.0. The fourth-order valence-electron chi connectivity index (χ4n) is 6.67. The molecule has 206 valence electrons. The lowest BCUT2D eigenvalue weighted by Gasteiger charge is -2.14. The molecule has 0 amide bonds. The molecule has 44 heavy (non-hydrogen) atoms. The summed E-state index contributed by atoms with van der Waals surface area (Å²) in [6.07, 6.45) is 0.990. The van der Waals surface area contributed by atoms with Gasteiger partial charge in [0.2, 0.25) is 0 Å². The van der Waals surface area contributed by atoms with Crippen LogP contribution in [0, 0.1) is 11.3 Å². The van der Waals surface area contributed by atoms with Crippen LogP contribution in [0.25, 0.3) is 55.5 Å². The summed E-state index contributed by atoms with van der Waals surface area (Å²) in [5, 5.41) is 10.3. The molecule has 0 atom stereocenters. The third-order valence-corrected chi connectivity index (χ3v) is 8.91. The summed E-state index contributed by atoms with van der Waals surface area (Å²) in [6, 6.07) is 55.9. The maximum absolute atomic E-state index is 9.21. The van der Waals surface area contributed by atoms with E-state index in [1.54, 1.807) is 0 Å². The van der Waals surface area contributed by atoms with Gasteiger partial charge in [-0.25, -0.2) is 4.98 Å². The van der Waals surface area contributed by atoms with Gasteiger partial charge in [-0.1, -0.05) is 127 Å². The van der Waals surface area contributed by atoms with E-state index >= 15 is 0 Å². The zero-order chi connectivity index (χ0) is 29.5. The van der Waals surface area contributed by atoms with Crippen molar-refractivity contribution < 1.29 is 0 Å². The zero-order valence-corrected chi connectivity index (χ0v) is 24.1. The minimum absolute atomic E-state index is 0.386. The summed E-state index contributed by atoms with van der Waals surface area (Å²) in [5.74, 6) is 0.386. The van der Waals surface area contributed by atoms with Crippen LogP contribution in [0.1, 0.15) is 28.2 Å². The average Bonchev–Trinajstić information content (AvgIpc) is 3.41. The van der Waals surface area contributed by atoms with Gasteiger partial charge in [0.25, 0.3) is 0 Å². The van der Waals surface area contributed by atoms with Crippen molar-refractivity contribution in [3.8, 4) is 50.7 Å². The molecule has 2 heteroatoms. The molecule has 1 aliphatic carbocycles. The molecule has 0 unspecified atom stereocenters. The highest BCUT2D eigenvalue weighted by molar-refractivity contribution is 5.97. The van der Waals surface area contributed by atoms with E-state index in [0.717, 1.165) is 39.7 Å². The van der Waals surface area contributed by atoms with Crippen molar-refractivity contribution in [3.05, 3.63) is 174 Å². The van der Waals surface area contributed by atoms with E-state index in [4.69, 9.17) is 4.98 Å². The van der Waals surface area contributed by atoms with Crippen LogP contribution in [0.15, 0.2) is 152 Å². The molecule has 1 aliphatic rings. The van der Waals surface area contributed by atoms with Crippen molar-refractivity contribution in [1.82, 2.24) is 4.98 Å². The molecular weight excluding hydrogens is 532 g/mol. The first-order chi connectivity index (χ1) is 21.7. The quantitative estimate of drug-likeness (QED) is 0.210. The fourth-order valence-corrected chi connectivity index (χ4v) is 6.67. The Balaban J connectivity index is 1.08. The molecule has 1 heterocycles. The largest absolute Gasteiger partial charge is 0.248 e. The molecule has 0 fully saturated rings. The van der Waals surface area contributed by atoms with Crippen LogP contribution in [-0.4, -0.2) is 4.98 Å². The molecule has 7 aromatic rings. The number of para-hydroxylation sites is 1. The Kier molecular flexibility index (Phi) is 6.36. The number of aromatic nitrogens is 1. The van der Waals surface area contributed by atoms with Crippen molar-refractivity contribution >= 4 is 10.9 Å². The lowest BCUT2D eigenvalue weighted by Crippen LogP contribution is -2.01. The minimum Gasteiger partial charge on any atom is -0.248 e. The van der Waals surface area contributed by atoms with Gasteiger partial charge in [0, 0.05) is 16.9 Å². The van der Waals surface area contributed by atoms with E-state index in [-0.39, 0.29) is 0 Å². The summed E-state index contributed by atoms with van der Waals surface area (Å²) >= 11 is 0. The summed E-state index contributed by atoms with van der Waals surface area (Å²) in [5.41, 5.74) is 15.2. The van der Waals surface area contributed by atoms with Crippen LogP contribution < -0.4 is 0 Å². The maximum Gasteiger partial charge on any atom is 0.0991 e. The molecule has 0 saturated carbocycles. The zero-order valence-electron chi connectivity index (χ0n) is 24.1. The highest BCUT2D eigenvalue weighted by Crippen LogP contribution is 2.46. The van der Waals surface area contributed by atoms with Gasteiger partial charge in [0.05, 0.1) is 22.8 Å². The van der Waals surface area contributed by atoms with Crippen molar-refractivity contribution in [2.45, 2.75) is 12.3 Å². The van der Waals surface area contributed by atoms with Crippen molar-refractivity contribution in [2.24, 2.45) is 0 Å². The fraction of sp³-hybridized carbons (Fsp3) is 0.0476. The Bertz CT molecular complexity index is 2140. The van der Waals surface area contributed by atoms with Crippen LogP contribution >= 0.6 is 0 Å². The Morgan fingerprint density at radius 2 is 1.07 bits per heavy atom. The molecule has 2 nitrogen and oxygen atoms in total. The molecule has 6 aromatic carbocycles. The third kappa shape index (κ3) is 4.56. The van der Waals surface area contributed by atoms with Crippen molar-refractivity contribution in [1.29, 1.82) is 5.26 Å². The van der Waals surface area contributed by atoms with E-state index in [2.05, 4.69) is 127 Å². The number of nitriles is 1. The first kappa shape index (κ1) is 25.9. The first-order valence-electron chi connectivity index (χ1n) is 15.0. The number of hydrogen-bond donors (Lipinski definition) is 0. The summed E-state index contributed by atoms with van der Waals surface area (Å²) in [6.45, 7) is 0. The normalized spacial score (nSPS) is 12.1. The van der Waals surface area contributed by atoms with Crippen LogP contribution in [0.4, 0.5) is 0 Å². The average molecular weight is 561 g/mol. The standard InChI is InChI=1S/C42H28N2/c43-27-29-15-19-33(20-16-29)42-26-39(38-11-5-6-12-41(38)44-42)32-23-21-31(22-24-32)30-17-13-28(14-18-30)25-40-36-9-3-1-7-34(36)35-8-2-4-10-37(35)40/h1-24,26,40H,25H2. The Morgan fingerprint density at radius 1 is 0.523 bits per heavy atom. The number of nitrogens with zero attached hydrogens (tertiary/aromatic N) is 2. The van der Waals surface area contributed by atoms with Gasteiger partial charge in [-0.2, -0.15) is 5.26 Å². The van der Waals surface area contributed by atoms with Gasteiger partial charge in [-0.3, -0.25) is 0 Å². The smallest absolute Gasteiger partial charge is 0.0991 e. The third-order valence-electron chi connectivity index (χ3n) is 8.91. The molecule has 0 aliphatic heterocycles. The van der Waals surface area contributed by atoms with E-state index in [9.17, 15) is 5.26 Å². The van der Waals surface area contributed by atoms with Gasteiger partial charge >= 0.3 is 0 Å². The number of fused-ring (bicyclic) bond motifs is 4. The summed E-state index contributed by atoms with van der Waals surface area (Å²) in [4.78, 5) is 4.94. The van der Waals surface area contributed by atoms with E-state index < -0.39 is 0 Å². The van der Waals surface area contributed by atoms with Gasteiger partial charge in [0.15, 0.2) is 0 Å². The number of rotatable bonds is 5. The lowest BCUT2D eigenvalue weighted by atomic mass is 9.89. The number of pyridine rings is 1. The monoisotopic (exact) mass is 560 g/mol. The van der Waals surface area contributed by atoms with E-state index in [1.807, 2.05) is 30.3 Å². The van der Waals surface area contributed by atoms with Gasteiger partial charge in [-0.15, -0.1) is 0 Å². The Hall–Kier alpha value is -5.78. The molecule has 0 saturated heterocycles. The highest BCUT2D eigenvalue weighted by Gasteiger charge is 2.27. The maximum atomic E-state index is 9.21. The van der Waals surface area contributed by atoms with Crippen LogP contribution in [0.2, 0.25) is 0 Å². The van der Waals surface area contributed by atoms with Gasteiger partial charge in [0.1, 0.15) is 0 Å². The molecular formula is C42H28N2. The predicted octanol–water partition coefficient (Wildman–Crippen LogP) is 10.5. The molecule has 8 rings (SSSR count). The minimum atomic E-state index is 0.386. The number of hydrogen-bond acceptors (Lipinski definition) is 2. The van der Waals surface area contributed by atoms with E-state index in [0.29, 0.717) is 11.5 Å². The molecule has 1 aromatic heterocycles. The molecule has 0 radical (unpaired) electrons. The van der Waals surface area contributed by atoms with E-state index in [1.165, 1.54) is 38.9 Å². The van der Waals surface area contributed by atoms with Crippen molar-refractivity contribution in [3.63, 3.8) is 0 Å².